The van der Waals surface area contributed by atoms with Crippen LogP contribution in [0.2, 0.25) is 0 Å². The van der Waals surface area contributed by atoms with Crippen molar-refractivity contribution in [3.63, 3.8) is 0 Å². The summed E-state index contributed by atoms with van der Waals surface area (Å²) in [5.41, 5.74) is 20.5. The Morgan fingerprint density at radius 2 is 0.862 bits per heavy atom. The first-order chi connectivity index (χ1) is 13.8. The maximum atomic E-state index is 11.3. The first kappa shape index (κ1) is 26.9. The fourth-order valence-electron chi connectivity index (χ4n) is 3.00. The summed E-state index contributed by atoms with van der Waals surface area (Å²) in [7, 11) is 1.50. The molecule has 1 aliphatic heterocycles. The molecule has 0 aliphatic carbocycles. The van der Waals surface area contributed by atoms with Gasteiger partial charge in [0.25, 0.3) is 0 Å². The summed E-state index contributed by atoms with van der Waals surface area (Å²) >= 11 is 0. The average molecular weight is 417 g/mol. The molecule has 1 rings (SSSR count). The molecule has 0 aromatic heterocycles. The molecule has 1 saturated heterocycles. The molecular formula is C17H36N8O4. The molecule has 0 atom stereocenters. The number of primary amides is 3. The topological polar surface area (TPSA) is 185 Å². The summed E-state index contributed by atoms with van der Waals surface area (Å²) in [6, 6.07) is 0. The van der Waals surface area contributed by atoms with Gasteiger partial charge in [-0.3, -0.25) is 34.0 Å². The van der Waals surface area contributed by atoms with Gasteiger partial charge in [-0.05, 0) is 7.05 Å². The van der Waals surface area contributed by atoms with Crippen molar-refractivity contribution in [2.24, 2.45) is 22.9 Å². The zero-order chi connectivity index (χ0) is 22.2. The minimum Gasteiger partial charge on any atom is -0.369 e. The Kier molecular flexibility index (Phi) is 14.6. The van der Waals surface area contributed by atoms with Crippen molar-refractivity contribution in [1.82, 2.24) is 19.6 Å². The highest BCUT2D eigenvalue weighted by atomic mass is 16.2. The largest absolute Gasteiger partial charge is 0.369 e. The summed E-state index contributed by atoms with van der Waals surface area (Å²) in [6.45, 7) is 4.92. The van der Waals surface area contributed by atoms with E-state index in [9.17, 15) is 19.2 Å². The van der Waals surface area contributed by atoms with E-state index in [1.165, 1.54) is 7.05 Å². The second-order valence-corrected chi connectivity index (χ2v) is 6.69. The van der Waals surface area contributed by atoms with Crippen LogP contribution in [-0.2, 0) is 19.2 Å². The van der Waals surface area contributed by atoms with Gasteiger partial charge in [-0.1, -0.05) is 0 Å². The fraction of sp³-hybridized carbons (Fsp3) is 0.765. The summed E-state index contributed by atoms with van der Waals surface area (Å²) in [6.07, 6.45) is 0.831. The molecule has 1 fully saturated rings. The van der Waals surface area contributed by atoms with E-state index in [0.717, 1.165) is 6.29 Å². The molecule has 168 valence electrons. The number of rotatable bonds is 8. The smallest absolute Gasteiger partial charge is 0.231 e. The van der Waals surface area contributed by atoms with Gasteiger partial charge >= 0.3 is 0 Å². The number of carbonyl (C=O) groups excluding carboxylic acids is 4. The van der Waals surface area contributed by atoms with Crippen LogP contribution in [0, 0.1) is 0 Å². The third-order valence-corrected chi connectivity index (χ3v) is 4.40. The molecule has 29 heavy (non-hydrogen) atoms. The summed E-state index contributed by atoms with van der Waals surface area (Å²) < 4.78 is 0. The normalized spacial score (nSPS) is 18.6. The Labute approximate surface area is 172 Å². The lowest BCUT2D eigenvalue weighted by Gasteiger charge is -2.32. The molecule has 1 heterocycles. The highest BCUT2D eigenvalue weighted by molar-refractivity contribution is 5.76. The lowest BCUT2D eigenvalue weighted by atomic mass is 10.3. The highest BCUT2D eigenvalue weighted by Crippen LogP contribution is 2.00. The van der Waals surface area contributed by atoms with Crippen LogP contribution < -0.4 is 22.9 Å². The van der Waals surface area contributed by atoms with E-state index in [0.29, 0.717) is 52.4 Å². The summed E-state index contributed by atoms with van der Waals surface area (Å²) in [4.78, 5) is 52.6. The third kappa shape index (κ3) is 13.7. The van der Waals surface area contributed by atoms with Gasteiger partial charge in [0.15, 0.2) is 0 Å². The van der Waals surface area contributed by atoms with E-state index in [1.54, 1.807) is 0 Å². The Morgan fingerprint density at radius 1 is 0.621 bits per heavy atom. The van der Waals surface area contributed by atoms with E-state index >= 15 is 0 Å². The number of hydrogen-bond donors (Lipinski definition) is 4. The van der Waals surface area contributed by atoms with E-state index in [-0.39, 0.29) is 26.2 Å². The number of nitrogens with zero attached hydrogens (tertiary/aromatic N) is 4. The molecule has 0 spiro atoms. The van der Waals surface area contributed by atoms with Crippen LogP contribution in [0.5, 0.6) is 0 Å². The number of aldehydes is 1. The number of hydrogen-bond acceptors (Lipinski definition) is 9. The van der Waals surface area contributed by atoms with E-state index in [1.807, 2.05) is 19.6 Å². The van der Waals surface area contributed by atoms with Crippen LogP contribution in [0.3, 0.4) is 0 Å². The van der Waals surface area contributed by atoms with Crippen molar-refractivity contribution >= 4 is 24.0 Å². The average Bonchev–Trinajstić information content (AvgIpc) is 2.64. The summed E-state index contributed by atoms with van der Waals surface area (Å²) in [5, 5.41) is 0. The van der Waals surface area contributed by atoms with Gasteiger partial charge in [0, 0.05) is 52.4 Å². The molecule has 12 heteroatoms. The molecule has 3 amide bonds. The van der Waals surface area contributed by atoms with Gasteiger partial charge in [-0.25, -0.2) is 0 Å². The van der Waals surface area contributed by atoms with Crippen LogP contribution in [0.4, 0.5) is 0 Å². The van der Waals surface area contributed by atoms with Gasteiger partial charge in [0.05, 0.1) is 26.2 Å². The van der Waals surface area contributed by atoms with Gasteiger partial charge in [-0.15, -0.1) is 0 Å². The zero-order valence-electron chi connectivity index (χ0n) is 17.3. The molecule has 0 unspecified atom stereocenters. The second kappa shape index (κ2) is 15.8. The molecule has 0 bridgehead atoms. The Hall–Kier alpha value is -2.12. The second-order valence-electron chi connectivity index (χ2n) is 6.69. The minimum absolute atomic E-state index is 0.0894. The van der Waals surface area contributed by atoms with E-state index in [4.69, 9.17) is 17.2 Å². The Balaban J connectivity index is 0.00000379. The van der Waals surface area contributed by atoms with E-state index < -0.39 is 17.7 Å². The van der Waals surface area contributed by atoms with Crippen molar-refractivity contribution in [3.05, 3.63) is 0 Å². The van der Waals surface area contributed by atoms with Gasteiger partial charge in [-0.2, -0.15) is 0 Å². The maximum absolute atomic E-state index is 11.3. The van der Waals surface area contributed by atoms with Gasteiger partial charge < -0.3 is 27.7 Å². The monoisotopic (exact) mass is 416 g/mol. The number of nitrogens with two attached hydrogens (primary N) is 4. The minimum atomic E-state index is -0.442. The van der Waals surface area contributed by atoms with Crippen LogP contribution in [0.15, 0.2) is 0 Å². The van der Waals surface area contributed by atoms with Crippen LogP contribution >= 0.6 is 0 Å². The van der Waals surface area contributed by atoms with Crippen LogP contribution in [0.25, 0.3) is 0 Å². The van der Waals surface area contributed by atoms with Crippen molar-refractivity contribution in [1.29, 1.82) is 0 Å². The first-order valence-electron chi connectivity index (χ1n) is 9.56. The van der Waals surface area contributed by atoms with Crippen molar-refractivity contribution in [2.45, 2.75) is 0 Å². The van der Waals surface area contributed by atoms with Crippen molar-refractivity contribution in [3.8, 4) is 0 Å². The number of amides is 3. The third-order valence-electron chi connectivity index (χ3n) is 4.40. The fourth-order valence-corrected chi connectivity index (χ4v) is 3.00. The SMILES string of the molecule is CN.NC(=O)CN1CCN(CC=O)CCN(CC(N)=O)CCN(CC(N)=O)CC1. The lowest BCUT2D eigenvalue weighted by molar-refractivity contribution is -0.121. The van der Waals surface area contributed by atoms with E-state index in [2.05, 4.69) is 5.73 Å². The molecular weight excluding hydrogens is 380 g/mol. The van der Waals surface area contributed by atoms with Crippen molar-refractivity contribution in [2.75, 3.05) is 85.6 Å². The maximum Gasteiger partial charge on any atom is 0.231 e. The molecule has 0 aromatic carbocycles. The number of carbonyl (C=O) groups is 4. The van der Waals surface area contributed by atoms with Gasteiger partial charge in [0.1, 0.15) is 6.29 Å². The zero-order valence-corrected chi connectivity index (χ0v) is 17.3. The van der Waals surface area contributed by atoms with Crippen LogP contribution in [-0.4, -0.2) is 129 Å². The van der Waals surface area contributed by atoms with Crippen LogP contribution in [0.1, 0.15) is 0 Å². The molecule has 0 radical (unpaired) electrons. The lowest BCUT2D eigenvalue weighted by Crippen LogP contribution is -2.49. The molecule has 1 aliphatic rings. The summed E-state index contributed by atoms with van der Waals surface area (Å²) in [5.74, 6) is -1.31. The predicted molar refractivity (Wildman–Crippen MR) is 110 cm³/mol. The molecule has 0 saturated carbocycles. The Bertz CT molecular complexity index is 488. The first-order valence-corrected chi connectivity index (χ1v) is 9.56. The molecule has 8 N–H and O–H groups in total. The Morgan fingerprint density at radius 3 is 1.07 bits per heavy atom. The quantitative estimate of drug-likeness (QED) is 0.283. The predicted octanol–water partition coefficient (Wildman–Crippen LogP) is -4.56. The molecule has 12 nitrogen and oxygen atoms in total. The standard InChI is InChI=1S/C16H31N7O4.CH5N/c17-14(25)11-21-3-1-20(9-10-24)2-4-22(12-15(18)26)6-8-23(7-5-21)13-16(19)27;1-2/h10H,1-9,11-13H2,(H2,17,25)(H2,18,26)(H2,19,27);2H2,1H3. The van der Waals surface area contributed by atoms with Gasteiger partial charge in [0.2, 0.25) is 17.7 Å². The highest BCUT2D eigenvalue weighted by Gasteiger charge is 2.18. The molecule has 0 aromatic rings. The van der Waals surface area contributed by atoms with Crippen molar-refractivity contribution < 1.29 is 19.2 Å².